The molecular formula is C25H25N7O2S. The summed E-state index contributed by atoms with van der Waals surface area (Å²) < 4.78 is 1.72. The third-order valence-corrected chi connectivity index (χ3v) is 7.99. The van der Waals surface area contributed by atoms with E-state index in [0.717, 1.165) is 28.4 Å². The normalized spacial score (nSPS) is 15.9. The van der Waals surface area contributed by atoms with Gasteiger partial charge in [0.2, 0.25) is 0 Å². The monoisotopic (exact) mass is 487 g/mol. The van der Waals surface area contributed by atoms with Gasteiger partial charge in [0.05, 0.1) is 16.0 Å². The number of likely N-dealkylation sites (tertiary alicyclic amines) is 1. The Morgan fingerprint density at radius 3 is 2.94 bits per heavy atom. The van der Waals surface area contributed by atoms with Crippen LogP contribution in [0.5, 0.6) is 0 Å². The molecule has 1 amide bonds. The maximum Gasteiger partial charge on any atom is 0.261 e. The molecule has 6 rings (SSSR count). The molecule has 0 spiro atoms. The molecule has 5 aromatic rings. The van der Waals surface area contributed by atoms with Gasteiger partial charge in [0.25, 0.3) is 11.5 Å². The topological polar surface area (TPSA) is 108 Å². The minimum absolute atomic E-state index is 0.178. The predicted molar refractivity (Wildman–Crippen MR) is 137 cm³/mol. The first-order valence-corrected chi connectivity index (χ1v) is 12.5. The molecule has 1 saturated heterocycles. The van der Waals surface area contributed by atoms with E-state index >= 15 is 0 Å². The lowest BCUT2D eigenvalue weighted by molar-refractivity contribution is 0.0940. The van der Waals surface area contributed by atoms with Gasteiger partial charge in [-0.15, -0.1) is 11.3 Å². The van der Waals surface area contributed by atoms with Crippen molar-refractivity contribution in [2.45, 2.75) is 32.2 Å². The number of hydrogen-bond donors (Lipinski definition) is 2. The van der Waals surface area contributed by atoms with Crippen molar-refractivity contribution in [2.24, 2.45) is 0 Å². The smallest absolute Gasteiger partial charge is 0.261 e. The van der Waals surface area contributed by atoms with Crippen molar-refractivity contribution in [3.05, 3.63) is 58.9 Å². The van der Waals surface area contributed by atoms with Crippen molar-refractivity contribution in [1.82, 2.24) is 34.8 Å². The summed E-state index contributed by atoms with van der Waals surface area (Å²) in [7, 11) is 0. The van der Waals surface area contributed by atoms with E-state index in [2.05, 4.69) is 44.1 Å². The van der Waals surface area contributed by atoms with Crippen LogP contribution in [0.15, 0.2) is 47.8 Å². The van der Waals surface area contributed by atoms with Gasteiger partial charge in [0.15, 0.2) is 0 Å². The second-order valence-electron chi connectivity index (χ2n) is 9.54. The molecule has 0 saturated carbocycles. The van der Waals surface area contributed by atoms with E-state index in [9.17, 15) is 9.59 Å². The van der Waals surface area contributed by atoms with E-state index in [1.54, 1.807) is 29.2 Å². The summed E-state index contributed by atoms with van der Waals surface area (Å²) in [5.74, 6) is -0.204. The third-order valence-electron chi connectivity index (χ3n) is 6.85. The summed E-state index contributed by atoms with van der Waals surface area (Å²) in [6, 6.07) is 5.52. The Labute approximate surface area is 204 Å². The van der Waals surface area contributed by atoms with Gasteiger partial charge < -0.3 is 10.3 Å². The lowest BCUT2D eigenvalue weighted by atomic mass is 10.0. The second-order valence-corrected chi connectivity index (χ2v) is 10.6. The van der Waals surface area contributed by atoms with Crippen LogP contribution in [0, 0.1) is 0 Å². The summed E-state index contributed by atoms with van der Waals surface area (Å²) in [6.07, 6.45) is 9.31. The molecule has 0 bridgehead atoms. The minimum Gasteiger partial charge on any atom is -0.351 e. The number of H-pyrrole nitrogens is 1. The van der Waals surface area contributed by atoms with E-state index in [0.29, 0.717) is 34.0 Å². The number of thiazole rings is 1. The van der Waals surface area contributed by atoms with Crippen LogP contribution in [0.1, 0.15) is 37.0 Å². The van der Waals surface area contributed by atoms with E-state index in [1.807, 2.05) is 18.3 Å². The summed E-state index contributed by atoms with van der Waals surface area (Å²) in [5.41, 5.74) is 2.89. The zero-order valence-electron chi connectivity index (χ0n) is 19.5. The van der Waals surface area contributed by atoms with Gasteiger partial charge in [-0.1, -0.05) is 6.07 Å². The first kappa shape index (κ1) is 21.9. The Kier molecular flexibility index (Phi) is 5.15. The standard InChI is InChI=1S/C25H25N7O2S/c1-25(2)6-4-9-31(25)10-8-27-22(33)16-11-17-20(28-13-16)21-19(23(34)29-17)24-32(30-21)14-18(35-24)15-5-3-7-26-12-15/h3,5,7,11-14H,4,6,8-10H2,1-2H3,(H,27,33)(H,29,34). The summed E-state index contributed by atoms with van der Waals surface area (Å²) in [4.78, 5) is 41.5. The van der Waals surface area contributed by atoms with Gasteiger partial charge >= 0.3 is 0 Å². The number of hydrogen-bond acceptors (Lipinski definition) is 7. The Bertz CT molecular complexity index is 1630. The van der Waals surface area contributed by atoms with Gasteiger partial charge in [-0.2, -0.15) is 5.10 Å². The van der Waals surface area contributed by atoms with E-state index in [-0.39, 0.29) is 17.0 Å². The number of pyridine rings is 3. The minimum atomic E-state index is -0.252. The van der Waals surface area contributed by atoms with Gasteiger partial charge in [0, 0.05) is 49.0 Å². The fourth-order valence-electron chi connectivity index (χ4n) is 4.90. The van der Waals surface area contributed by atoms with E-state index in [1.165, 1.54) is 24.2 Å². The van der Waals surface area contributed by atoms with Crippen molar-refractivity contribution >= 4 is 44.0 Å². The Balaban J connectivity index is 1.29. The highest BCUT2D eigenvalue weighted by Crippen LogP contribution is 2.32. The SMILES string of the molecule is CC1(C)CCCN1CCNC(=O)c1cnc2c(c1)[nH]c(=O)c1c2nn2cc(-c3cccnc3)sc12. The fraction of sp³-hybridized carbons (Fsp3) is 0.320. The molecule has 10 heteroatoms. The van der Waals surface area contributed by atoms with Crippen molar-refractivity contribution in [3.63, 3.8) is 0 Å². The molecule has 9 nitrogen and oxygen atoms in total. The number of carbonyl (C=O) groups is 1. The third kappa shape index (κ3) is 3.78. The molecule has 0 aromatic carbocycles. The fourth-order valence-corrected chi connectivity index (χ4v) is 5.98. The molecule has 0 atom stereocenters. The first-order chi connectivity index (χ1) is 16.9. The Morgan fingerprint density at radius 2 is 2.17 bits per heavy atom. The van der Waals surface area contributed by atoms with E-state index < -0.39 is 0 Å². The number of aromatic amines is 1. The van der Waals surface area contributed by atoms with Gasteiger partial charge in [-0.05, 0) is 45.4 Å². The molecule has 1 aliphatic rings. The molecule has 0 unspecified atom stereocenters. The number of nitrogens with zero attached hydrogens (tertiary/aromatic N) is 5. The van der Waals surface area contributed by atoms with Crippen LogP contribution in [0.25, 0.3) is 37.2 Å². The van der Waals surface area contributed by atoms with Gasteiger partial charge in [-0.25, -0.2) is 4.52 Å². The van der Waals surface area contributed by atoms with Crippen LogP contribution < -0.4 is 10.9 Å². The number of nitrogens with one attached hydrogen (secondary N) is 2. The highest BCUT2D eigenvalue weighted by Gasteiger charge is 2.31. The van der Waals surface area contributed by atoms with Crippen LogP contribution in [-0.2, 0) is 0 Å². The van der Waals surface area contributed by atoms with Crippen LogP contribution in [-0.4, -0.2) is 60.5 Å². The molecule has 1 aliphatic heterocycles. The molecule has 0 aliphatic carbocycles. The van der Waals surface area contributed by atoms with Crippen LogP contribution in [0.2, 0.25) is 0 Å². The molecule has 2 N–H and O–H groups in total. The molecule has 6 heterocycles. The van der Waals surface area contributed by atoms with E-state index in [4.69, 9.17) is 0 Å². The molecular weight excluding hydrogens is 462 g/mol. The lowest BCUT2D eigenvalue weighted by Gasteiger charge is -2.31. The van der Waals surface area contributed by atoms with Crippen molar-refractivity contribution in [3.8, 4) is 10.4 Å². The molecule has 35 heavy (non-hydrogen) atoms. The number of carbonyl (C=O) groups excluding carboxylic acids is 1. The first-order valence-electron chi connectivity index (χ1n) is 11.7. The average Bonchev–Trinajstić information content (AvgIpc) is 3.51. The lowest BCUT2D eigenvalue weighted by Crippen LogP contribution is -2.43. The zero-order chi connectivity index (χ0) is 24.2. The number of amides is 1. The van der Waals surface area contributed by atoms with Crippen molar-refractivity contribution in [1.29, 1.82) is 0 Å². The van der Waals surface area contributed by atoms with Crippen LogP contribution in [0.3, 0.4) is 0 Å². The highest BCUT2D eigenvalue weighted by atomic mass is 32.1. The highest BCUT2D eigenvalue weighted by molar-refractivity contribution is 7.21. The zero-order valence-corrected chi connectivity index (χ0v) is 20.4. The Hall–Kier alpha value is -3.63. The number of fused-ring (bicyclic) bond motifs is 5. The summed E-state index contributed by atoms with van der Waals surface area (Å²) >= 11 is 1.48. The number of rotatable bonds is 5. The van der Waals surface area contributed by atoms with Crippen molar-refractivity contribution in [2.75, 3.05) is 19.6 Å². The van der Waals surface area contributed by atoms with Gasteiger partial charge in [-0.3, -0.25) is 24.5 Å². The average molecular weight is 488 g/mol. The summed E-state index contributed by atoms with van der Waals surface area (Å²) in [5, 5.41) is 8.13. The Morgan fingerprint density at radius 1 is 1.29 bits per heavy atom. The molecule has 178 valence electrons. The maximum absolute atomic E-state index is 13.0. The number of aromatic nitrogens is 5. The van der Waals surface area contributed by atoms with Crippen LogP contribution >= 0.6 is 11.3 Å². The van der Waals surface area contributed by atoms with Gasteiger partial charge in [0.1, 0.15) is 21.3 Å². The quantitative estimate of drug-likeness (QED) is 0.393. The van der Waals surface area contributed by atoms with Crippen molar-refractivity contribution < 1.29 is 4.79 Å². The largest absolute Gasteiger partial charge is 0.351 e. The summed E-state index contributed by atoms with van der Waals surface area (Å²) in [6.45, 7) is 6.91. The molecule has 1 fully saturated rings. The predicted octanol–water partition coefficient (Wildman–Crippen LogP) is 3.45. The van der Waals surface area contributed by atoms with Crippen LogP contribution in [0.4, 0.5) is 0 Å². The second kappa shape index (κ2) is 8.24. The molecule has 0 radical (unpaired) electrons. The maximum atomic E-state index is 13.0. The molecule has 5 aromatic heterocycles.